The van der Waals surface area contributed by atoms with Gasteiger partial charge in [0, 0.05) is 17.2 Å². The van der Waals surface area contributed by atoms with Crippen LogP contribution in [0.1, 0.15) is 65.7 Å². The monoisotopic (exact) mass is 635 g/mol. The van der Waals surface area contributed by atoms with Crippen molar-refractivity contribution in [1.29, 1.82) is 0 Å². The predicted molar refractivity (Wildman–Crippen MR) is 160 cm³/mol. The van der Waals surface area contributed by atoms with Crippen LogP contribution in [0.15, 0.2) is 91.0 Å². The standard InChI is InChI=1S/C25H20F3NO4.C9H8O4/c26-25(27,28)17-8-6-16(7-9-17)24(32)23-20(13-22(30)31)19-12-18(10-11-21(19)29-23)33-14-15-4-2-1-3-5-15;1-5-6(8(10)11)3-2-4-7(5)9(12)13/h1-12,20,23,29H,13-14H2,(H,30,31);2-4H,1H3,(H,10,11)(H,12,13). The summed E-state index contributed by atoms with van der Waals surface area (Å²) < 4.78 is 44.4. The fourth-order valence-corrected chi connectivity index (χ4v) is 5.02. The Morgan fingerprint density at radius 3 is 1.96 bits per heavy atom. The van der Waals surface area contributed by atoms with Gasteiger partial charge >= 0.3 is 24.1 Å². The van der Waals surface area contributed by atoms with Gasteiger partial charge < -0.3 is 25.4 Å². The molecule has 9 nitrogen and oxygen atoms in total. The van der Waals surface area contributed by atoms with Crippen LogP contribution in [0.5, 0.6) is 5.75 Å². The zero-order chi connectivity index (χ0) is 33.6. The number of alkyl halides is 3. The minimum Gasteiger partial charge on any atom is -0.489 e. The maximum absolute atomic E-state index is 13.1. The number of Topliss-reactive ketones (excluding diaryl/α,β-unsaturated/α-hetero) is 1. The molecule has 4 N–H and O–H groups in total. The molecule has 4 aromatic rings. The van der Waals surface area contributed by atoms with Crippen LogP contribution in [-0.2, 0) is 17.6 Å². The molecule has 0 fully saturated rings. The summed E-state index contributed by atoms with van der Waals surface area (Å²) in [6.07, 6.45) is -4.83. The smallest absolute Gasteiger partial charge is 0.416 e. The van der Waals surface area contributed by atoms with Crippen LogP contribution in [0, 0.1) is 6.92 Å². The Bertz CT molecular complexity index is 1720. The Morgan fingerprint density at radius 2 is 1.41 bits per heavy atom. The number of nitrogens with one attached hydrogen (secondary N) is 1. The number of hydrogen-bond acceptors (Lipinski definition) is 6. The molecule has 0 saturated carbocycles. The molecule has 12 heteroatoms. The van der Waals surface area contributed by atoms with Crippen LogP contribution in [0.2, 0.25) is 0 Å². The molecule has 4 aromatic carbocycles. The minimum absolute atomic E-state index is 0.0277. The second-order valence-electron chi connectivity index (χ2n) is 10.4. The molecule has 0 radical (unpaired) electrons. The van der Waals surface area contributed by atoms with Crippen molar-refractivity contribution in [3.8, 4) is 5.75 Å². The highest BCUT2D eigenvalue weighted by Crippen LogP contribution is 2.41. The molecule has 0 bridgehead atoms. The average Bonchev–Trinajstić information content (AvgIpc) is 3.36. The SMILES string of the molecule is Cc1c(C(=O)O)cccc1C(=O)O.O=C(O)CC1c2cc(OCc3ccccc3)ccc2NC1C(=O)c1ccc(C(F)(F)F)cc1. The number of ether oxygens (including phenoxy) is 1. The van der Waals surface area contributed by atoms with Gasteiger partial charge in [-0.1, -0.05) is 48.5 Å². The Morgan fingerprint density at radius 1 is 0.804 bits per heavy atom. The zero-order valence-electron chi connectivity index (χ0n) is 24.2. The van der Waals surface area contributed by atoms with Crippen molar-refractivity contribution < 1.29 is 52.4 Å². The summed E-state index contributed by atoms with van der Waals surface area (Å²) in [4.78, 5) is 45.8. The average molecular weight is 636 g/mol. The van der Waals surface area contributed by atoms with E-state index >= 15 is 0 Å². The van der Waals surface area contributed by atoms with E-state index < -0.39 is 47.4 Å². The summed E-state index contributed by atoms with van der Waals surface area (Å²) in [6.45, 7) is 1.80. The number of carboxylic acids is 3. The first kappa shape index (κ1) is 33.2. The van der Waals surface area contributed by atoms with Crippen molar-refractivity contribution in [3.63, 3.8) is 0 Å². The van der Waals surface area contributed by atoms with Gasteiger partial charge in [-0.2, -0.15) is 13.2 Å². The summed E-state index contributed by atoms with van der Waals surface area (Å²) >= 11 is 0. The third-order valence-electron chi connectivity index (χ3n) is 7.35. The van der Waals surface area contributed by atoms with Crippen LogP contribution >= 0.6 is 0 Å². The second kappa shape index (κ2) is 14.0. The van der Waals surface area contributed by atoms with Gasteiger partial charge in [0.25, 0.3) is 0 Å². The number of hydrogen-bond donors (Lipinski definition) is 4. The molecule has 0 aliphatic carbocycles. The molecule has 0 spiro atoms. The maximum atomic E-state index is 13.1. The third kappa shape index (κ3) is 7.89. The molecule has 0 aromatic heterocycles. The number of aliphatic carboxylic acids is 1. The van der Waals surface area contributed by atoms with Gasteiger partial charge in [0.2, 0.25) is 0 Å². The van der Waals surface area contributed by atoms with Gasteiger partial charge in [-0.25, -0.2) is 9.59 Å². The lowest BCUT2D eigenvalue weighted by Gasteiger charge is -2.18. The number of aromatic carboxylic acids is 2. The van der Waals surface area contributed by atoms with Crippen molar-refractivity contribution in [1.82, 2.24) is 0 Å². The van der Waals surface area contributed by atoms with E-state index in [2.05, 4.69) is 5.32 Å². The first-order valence-electron chi connectivity index (χ1n) is 13.8. The van der Waals surface area contributed by atoms with E-state index in [0.717, 1.165) is 29.8 Å². The number of benzene rings is 4. The molecule has 46 heavy (non-hydrogen) atoms. The maximum Gasteiger partial charge on any atom is 0.416 e. The summed E-state index contributed by atoms with van der Waals surface area (Å²) in [5.41, 5.74) is 1.73. The number of ketones is 1. The molecule has 2 unspecified atom stereocenters. The van der Waals surface area contributed by atoms with E-state index in [1.54, 1.807) is 18.2 Å². The van der Waals surface area contributed by atoms with E-state index in [4.69, 9.17) is 14.9 Å². The summed E-state index contributed by atoms with van der Waals surface area (Å²) in [7, 11) is 0. The number of fused-ring (bicyclic) bond motifs is 1. The van der Waals surface area contributed by atoms with Crippen LogP contribution in [0.3, 0.4) is 0 Å². The van der Waals surface area contributed by atoms with Crippen LogP contribution in [-0.4, -0.2) is 45.1 Å². The van der Waals surface area contributed by atoms with Gasteiger partial charge in [-0.05, 0) is 66.1 Å². The molecule has 1 aliphatic heterocycles. The van der Waals surface area contributed by atoms with Crippen molar-refractivity contribution >= 4 is 29.4 Å². The van der Waals surface area contributed by atoms with Gasteiger partial charge in [0.15, 0.2) is 5.78 Å². The van der Waals surface area contributed by atoms with E-state index in [1.807, 2.05) is 30.3 Å². The first-order chi connectivity index (χ1) is 21.8. The largest absolute Gasteiger partial charge is 0.489 e. The summed E-state index contributed by atoms with van der Waals surface area (Å²) in [5, 5.41) is 29.8. The molecule has 1 heterocycles. The number of rotatable bonds is 9. The number of carboxylic acid groups (broad SMARTS) is 3. The number of anilines is 1. The molecular weight excluding hydrogens is 607 g/mol. The Labute approximate surface area is 260 Å². The Balaban J connectivity index is 0.000000310. The van der Waals surface area contributed by atoms with E-state index in [0.29, 0.717) is 23.6 Å². The van der Waals surface area contributed by atoms with Gasteiger partial charge in [0.05, 0.1) is 29.2 Å². The number of halogens is 3. The summed E-state index contributed by atoms with van der Waals surface area (Å²) in [5.74, 6) is -3.96. The Kier molecular flexibility index (Phi) is 10.1. The van der Waals surface area contributed by atoms with Crippen LogP contribution < -0.4 is 10.1 Å². The van der Waals surface area contributed by atoms with Gasteiger partial charge in [-0.15, -0.1) is 0 Å². The minimum atomic E-state index is -4.51. The van der Waals surface area contributed by atoms with Crippen LogP contribution in [0.4, 0.5) is 18.9 Å². The molecular formula is C34H28F3NO8. The number of carbonyl (C=O) groups excluding carboxylic acids is 1. The zero-order valence-corrected chi connectivity index (χ0v) is 24.2. The van der Waals surface area contributed by atoms with E-state index in [9.17, 15) is 37.5 Å². The van der Waals surface area contributed by atoms with Gasteiger partial charge in [0.1, 0.15) is 12.4 Å². The fraction of sp³-hybridized carbons (Fsp3) is 0.176. The lowest BCUT2D eigenvalue weighted by Crippen LogP contribution is -2.32. The predicted octanol–water partition coefficient (Wildman–Crippen LogP) is 6.91. The number of carbonyl (C=O) groups is 4. The quantitative estimate of drug-likeness (QED) is 0.144. The topological polar surface area (TPSA) is 150 Å². The molecule has 5 rings (SSSR count). The molecule has 0 saturated heterocycles. The highest BCUT2D eigenvalue weighted by Gasteiger charge is 2.39. The lowest BCUT2D eigenvalue weighted by molar-refractivity contribution is -0.138. The Hall–Kier alpha value is -5.65. The highest BCUT2D eigenvalue weighted by molar-refractivity contribution is 6.04. The van der Waals surface area contributed by atoms with Crippen molar-refractivity contribution in [3.05, 3.63) is 130 Å². The second-order valence-corrected chi connectivity index (χ2v) is 10.4. The molecule has 0 amide bonds. The first-order valence-corrected chi connectivity index (χ1v) is 13.8. The molecule has 2 atom stereocenters. The lowest BCUT2D eigenvalue weighted by atomic mass is 9.87. The molecule has 238 valence electrons. The molecule has 1 aliphatic rings. The van der Waals surface area contributed by atoms with Crippen molar-refractivity contribution in [2.75, 3.05) is 5.32 Å². The van der Waals surface area contributed by atoms with Crippen LogP contribution in [0.25, 0.3) is 0 Å². The van der Waals surface area contributed by atoms with Crippen molar-refractivity contribution in [2.24, 2.45) is 0 Å². The van der Waals surface area contributed by atoms with E-state index in [1.165, 1.54) is 25.1 Å². The highest BCUT2D eigenvalue weighted by atomic mass is 19.4. The van der Waals surface area contributed by atoms with E-state index in [-0.39, 0.29) is 28.7 Å². The van der Waals surface area contributed by atoms with Gasteiger partial charge in [-0.3, -0.25) is 9.59 Å². The van der Waals surface area contributed by atoms with Crippen molar-refractivity contribution in [2.45, 2.75) is 38.1 Å². The summed E-state index contributed by atoms with van der Waals surface area (Å²) in [6, 6.07) is 21.8. The normalized spacial score (nSPS) is 15.0. The third-order valence-corrected chi connectivity index (χ3v) is 7.35. The fourth-order valence-electron chi connectivity index (χ4n) is 5.02.